The van der Waals surface area contributed by atoms with Crippen LogP contribution >= 0.6 is 11.8 Å². The largest absolute Gasteiger partial charge is 0.447 e. The third kappa shape index (κ3) is 5.28. The van der Waals surface area contributed by atoms with Gasteiger partial charge in [-0.2, -0.15) is 18.2 Å². The lowest BCUT2D eigenvalue weighted by Crippen LogP contribution is -2.48. The zero-order valence-corrected chi connectivity index (χ0v) is 18.0. The number of pyridine rings is 1. The van der Waals surface area contributed by atoms with Gasteiger partial charge in [0, 0.05) is 49.7 Å². The molecular weight excluding hydrogens is 443 g/mol. The van der Waals surface area contributed by atoms with Crippen LogP contribution in [0.15, 0.2) is 52.1 Å². The monoisotopic (exact) mass is 463 g/mol. The highest BCUT2D eigenvalue weighted by atomic mass is 32.2. The second kappa shape index (κ2) is 9.29. The van der Waals surface area contributed by atoms with Gasteiger partial charge >= 0.3 is 5.51 Å². The Hall–Kier alpha value is -2.92. The maximum Gasteiger partial charge on any atom is 0.447 e. The van der Waals surface area contributed by atoms with Gasteiger partial charge in [0.1, 0.15) is 5.03 Å². The van der Waals surface area contributed by atoms with Gasteiger partial charge < -0.3 is 9.42 Å². The number of carbonyl (C=O) groups is 1. The van der Waals surface area contributed by atoms with Crippen LogP contribution in [0.1, 0.15) is 21.8 Å². The summed E-state index contributed by atoms with van der Waals surface area (Å²) in [6, 6.07) is 10.6. The number of benzene rings is 1. The van der Waals surface area contributed by atoms with Crippen molar-refractivity contribution in [1.29, 1.82) is 0 Å². The summed E-state index contributed by atoms with van der Waals surface area (Å²) in [7, 11) is 0. The van der Waals surface area contributed by atoms with E-state index in [9.17, 15) is 18.0 Å². The van der Waals surface area contributed by atoms with Crippen LogP contribution in [-0.2, 0) is 6.54 Å². The van der Waals surface area contributed by atoms with Gasteiger partial charge in [0.15, 0.2) is 0 Å². The molecular formula is C21H20F3N5O2S. The minimum atomic E-state index is -4.51. The molecule has 0 bridgehead atoms. The van der Waals surface area contributed by atoms with Crippen molar-refractivity contribution in [3.8, 4) is 11.4 Å². The smallest absolute Gasteiger partial charge is 0.338 e. The van der Waals surface area contributed by atoms with Gasteiger partial charge in [-0.05, 0) is 24.6 Å². The SMILES string of the molecule is Cc1ccccc1-c1noc(CN2CCN(C(=O)c3cccnc3SC(F)(F)F)CC2)n1. The molecule has 4 rings (SSSR count). The van der Waals surface area contributed by atoms with Crippen LogP contribution in [0, 0.1) is 6.92 Å². The number of hydrogen-bond acceptors (Lipinski definition) is 7. The second-order valence-electron chi connectivity index (χ2n) is 7.30. The summed E-state index contributed by atoms with van der Waals surface area (Å²) in [5, 5.41) is 3.72. The van der Waals surface area contributed by atoms with Crippen LogP contribution in [-0.4, -0.2) is 62.5 Å². The summed E-state index contributed by atoms with van der Waals surface area (Å²) in [4.78, 5) is 24.6. The molecule has 7 nitrogen and oxygen atoms in total. The second-order valence-corrected chi connectivity index (χ2v) is 8.35. The van der Waals surface area contributed by atoms with Crippen molar-refractivity contribution < 1.29 is 22.5 Å². The predicted molar refractivity (Wildman–Crippen MR) is 112 cm³/mol. The van der Waals surface area contributed by atoms with E-state index >= 15 is 0 Å². The molecule has 0 N–H and O–H groups in total. The van der Waals surface area contributed by atoms with E-state index in [-0.39, 0.29) is 22.4 Å². The van der Waals surface area contributed by atoms with E-state index in [2.05, 4.69) is 20.0 Å². The number of amides is 1. The van der Waals surface area contributed by atoms with E-state index in [1.165, 1.54) is 18.3 Å². The summed E-state index contributed by atoms with van der Waals surface area (Å²) in [6.07, 6.45) is 1.25. The van der Waals surface area contributed by atoms with Gasteiger partial charge in [0.2, 0.25) is 11.7 Å². The first-order chi connectivity index (χ1) is 15.3. The quantitative estimate of drug-likeness (QED) is 0.529. The average Bonchev–Trinajstić information content (AvgIpc) is 3.21. The maximum absolute atomic E-state index is 12.8. The van der Waals surface area contributed by atoms with Crippen LogP contribution in [0.25, 0.3) is 11.4 Å². The number of aryl methyl sites for hydroxylation is 1. The third-order valence-electron chi connectivity index (χ3n) is 5.09. The Bertz CT molecular complexity index is 1100. The highest BCUT2D eigenvalue weighted by Gasteiger charge is 2.33. The lowest BCUT2D eigenvalue weighted by Gasteiger charge is -2.34. The molecule has 0 radical (unpaired) electrons. The molecule has 0 unspecified atom stereocenters. The zero-order valence-electron chi connectivity index (χ0n) is 17.2. The molecule has 3 heterocycles. The van der Waals surface area contributed by atoms with Crippen LogP contribution in [0.4, 0.5) is 13.2 Å². The zero-order chi connectivity index (χ0) is 22.7. The van der Waals surface area contributed by atoms with Crippen molar-refractivity contribution in [3.05, 3.63) is 59.6 Å². The van der Waals surface area contributed by atoms with Gasteiger partial charge in [-0.25, -0.2) is 4.98 Å². The van der Waals surface area contributed by atoms with Crippen molar-refractivity contribution in [2.45, 2.75) is 24.0 Å². The summed E-state index contributed by atoms with van der Waals surface area (Å²) >= 11 is -0.373. The fourth-order valence-electron chi connectivity index (χ4n) is 3.47. The van der Waals surface area contributed by atoms with E-state index < -0.39 is 11.4 Å². The highest BCUT2D eigenvalue weighted by molar-refractivity contribution is 8.00. The molecule has 0 aliphatic carbocycles. The molecule has 1 aliphatic rings. The normalized spacial score (nSPS) is 15.2. The number of piperazine rings is 1. The standard InChI is InChI=1S/C21H20F3N5O2S/c1-14-5-2-3-6-15(14)18-26-17(31-27-18)13-28-9-11-29(12-10-28)20(30)16-7-4-8-25-19(16)32-21(22,23)24/h2-8H,9-13H2,1H3. The van der Waals surface area contributed by atoms with Gasteiger partial charge in [0.25, 0.3) is 5.91 Å². The average molecular weight is 463 g/mol. The predicted octanol–water partition coefficient (Wildman–Crippen LogP) is 4.01. The van der Waals surface area contributed by atoms with E-state index in [1.807, 2.05) is 31.2 Å². The van der Waals surface area contributed by atoms with Crippen LogP contribution in [0.2, 0.25) is 0 Å². The van der Waals surface area contributed by atoms with Gasteiger partial charge in [-0.3, -0.25) is 9.69 Å². The molecule has 0 spiro atoms. The van der Waals surface area contributed by atoms with Gasteiger partial charge in [-0.15, -0.1) is 0 Å². The summed E-state index contributed by atoms with van der Waals surface area (Å²) < 4.78 is 43.7. The molecule has 1 aromatic carbocycles. The topological polar surface area (TPSA) is 75.4 Å². The van der Waals surface area contributed by atoms with Crippen LogP contribution < -0.4 is 0 Å². The summed E-state index contributed by atoms with van der Waals surface area (Å²) in [5.41, 5.74) is -2.60. The van der Waals surface area contributed by atoms with Crippen molar-refractivity contribution in [3.63, 3.8) is 0 Å². The number of carbonyl (C=O) groups excluding carboxylic acids is 1. The highest BCUT2D eigenvalue weighted by Crippen LogP contribution is 2.37. The summed E-state index contributed by atoms with van der Waals surface area (Å²) in [5.74, 6) is 0.543. The molecule has 11 heteroatoms. The Morgan fingerprint density at radius 3 is 2.59 bits per heavy atom. The van der Waals surface area contributed by atoms with E-state index in [0.717, 1.165) is 11.1 Å². The van der Waals surface area contributed by atoms with Crippen molar-refractivity contribution in [1.82, 2.24) is 24.9 Å². The molecule has 1 saturated heterocycles. The van der Waals surface area contributed by atoms with Crippen molar-refractivity contribution >= 4 is 17.7 Å². The molecule has 3 aromatic rings. The van der Waals surface area contributed by atoms with Gasteiger partial charge in [0.05, 0.1) is 12.1 Å². The molecule has 168 valence electrons. The van der Waals surface area contributed by atoms with Crippen molar-refractivity contribution in [2.75, 3.05) is 26.2 Å². The number of thioether (sulfide) groups is 1. The van der Waals surface area contributed by atoms with E-state index in [4.69, 9.17) is 4.52 Å². The fraction of sp³-hybridized carbons (Fsp3) is 0.333. The van der Waals surface area contributed by atoms with E-state index in [0.29, 0.717) is 44.4 Å². The van der Waals surface area contributed by atoms with Gasteiger partial charge in [-0.1, -0.05) is 29.4 Å². The lowest BCUT2D eigenvalue weighted by molar-refractivity contribution is -0.0329. The minimum absolute atomic E-state index is 0.0388. The Morgan fingerprint density at radius 1 is 1.12 bits per heavy atom. The van der Waals surface area contributed by atoms with E-state index in [1.54, 1.807) is 4.90 Å². The first-order valence-electron chi connectivity index (χ1n) is 9.91. The molecule has 0 atom stereocenters. The Kier molecular flexibility index (Phi) is 6.47. The third-order valence-corrected chi connectivity index (χ3v) is 5.84. The molecule has 1 aliphatic heterocycles. The minimum Gasteiger partial charge on any atom is -0.338 e. The molecule has 0 saturated carbocycles. The van der Waals surface area contributed by atoms with Crippen molar-refractivity contribution in [2.24, 2.45) is 0 Å². The van der Waals surface area contributed by atoms with Crippen LogP contribution in [0.5, 0.6) is 0 Å². The molecule has 1 fully saturated rings. The number of alkyl halides is 3. The summed E-state index contributed by atoms with van der Waals surface area (Å²) in [6.45, 7) is 4.24. The molecule has 2 aromatic heterocycles. The number of nitrogens with zero attached hydrogens (tertiary/aromatic N) is 5. The Balaban J connectivity index is 1.36. The fourth-order valence-corrected chi connectivity index (χ4v) is 4.07. The molecule has 32 heavy (non-hydrogen) atoms. The number of halogens is 3. The Morgan fingerprint density at radius 2 is 1.88 bits per heavy atom. The molecule has 1 amide bonds. The Labute approximate surface area is 186 Å². The first kappa shape index (κ1) is 22.3. The first-order valence-corrected chi connectivity index (χ1v) is 10.7. The number of aromatic nitrogens is 3. The van der Waals surface area contributed by atoms with Crippen LogP contribution in [0.3, 0.4) is 0 Å². The number of hydrogen-bond donors (Lipinski definition) is 0. The number of rotatable bonds is 5. The lowest BCUT2D eigenvalue weighted by atomic mass is 10.1. The maximum atomic E-state index is 12.8.